The van der Waals surface area contributed by atoms with Crippen molar-refractivity contribution < 1.29 is 19.5 Å². The van der Waals surface area contributed by atoms with E-state index in [1.807, 2.05) is 19.5 Å². The van der Waals surface area contributed by atoms with E-state index >= 15 is 0 Å². The van der Waals surface area contributed by atoms with Gasteiger partial charge in [-0.1, -0.05) is 25.1 Å². The van der Waals surface area contributed by atoms with Crippen molar-refractivity contribution in [2.45, 2.75) is 25.2 Å². The van der Waals surface area contributed by atoms with Gasteiger partial charge in [-0.2, -0.15) is 0 Å². The number of ether oxygens (including phenoxy) is 1. The highest BCUT2D eigenvalue weighted by Gasteiger charge is 2.28. The molecule has 0 amide bonds. The minimum Gasteiger partial charge on any atom is -0.497 e. The van der Waals surface area contributed by atoms with Gasteiger partial charge < -0.3 is 4.74 Å². The molecule has 2 rings (SSSR count). The van der Waals surface area contributed by atoms with Gasteiger partial charge in [0, 0.05) is 0 Å². The van der Waals surface area contributed by atoms with Gasteiger partial charge in [-0.05, 0) is 47.4 Å². The van der Waals surface area contributed by atoms with Gasteiger partial charge >= 0.3 is 0 Å². The third kappa shape index (κ3) is 3.63. The predicted octanol–water partition coefficient (Wildman–Crippen LogP) is 3.15. The van der Waals surface area contributed by atoms with E-state index in [4.69, 9.17) is 9.94 Å². The lowest BCUT2D eigenvalue weighted by Crippen LogP contribution is -2.16. The quantitative estimate of drug-likeness (QED) is 0.729. The van der Waals surface area contributed by atoms with Crippen LogP contribution in [0, 0.1) is 0 Å². The summed E-state index contributed by atoms with van der Waals surface area (Å²) >= 11 is 0. The van der Waals surface area contributed by atoms with Crippen molar-refractivity contribution in [2.24, 2.45) is 0 Å². The Balaban J connectivity index is 2.48. The summed E-state index contributed by atoms with van der Waals surface area (Å²) < 4.78 is 5.18. The molecule has 0 heterocycles. The van der Waals surface area contributed by atoms with Gasteiger partial charge in [0.05, 0.1) is 24.6 Å². The van der Waals surface area contributed by atoms with E-state index < -0.39 is 11.8 Å². The van der Waals surface area contributed by atoms with E-state index in [2.05, 4.69) is 5.48 Å². The van der Waals surface area contributed by atoms with E-state index in [0.29, 0.717) is 29.0 Å². The zero-order valence-corrected chi connectivity index (χ0v) is 13.6. The number of aryl methyl sites for hydroxylation is 1. The summed E-state index contributed by atoms with van der Waals surface area (Å²) in [6.45, 7) is 1.94. The summed E-state index contributed by atoms with van der Waals surface area (Å²) in [4.78, 5) is 23.3. The molecule has 2 aromatic rings. The van der Waals surface area contributed by atoms with Crippen LogP contribution in [-0.2, 0) is 16.0 Å². The van der Waals surface area contributed by atoms with E-state index in [0.717, 1.165) is 5.56 Å². The van der Waals surface area contributed by atoms with Gasteiger partial charge in [0.1, 0.15) is 5.75 Å². The third-order valence-corrected chi connectivity index (χ3v) is 4.03. The molecule has 2 radical (unpaired) electrons. The fourth-order valence-electron chi connectivity index (χ4n) is 2.76. The lowest BCUT2D eigenvalue weighted by Gasteiger charge is -2.21. The molecule has 0 spiro atoms. The van der Waals surface area contributed by atoms with Crippen molar-refractivity contribution >= 4 is 18.3 Å². The van der Waals surface area contributed by atoms with Crippen LogP contribution in [0.15, 0.2) is 42.5 Å². The number of benzene rings is 2. The molecule has 2 N–H and O–H groups in total. The predicted molar refractivity (Wildman–Crippen MR) is 91.1 cm³/mol. The second-order valence-corrected chi connectivity index (χ2v) is 5.35. The largest absolute Gasteiger partial charge is 0.497 e. The highest BCUT2D eigenvalue weighted by molar-refractivity contribution is 5.77. The highest BCUT2D eigenvalue weighted by Crippen LogP contribution is 2.34. The number of rotatable bonds is 8. The molecule has 0 bridgehead atoms. The van der Waals surface area contributed by atoms with E-state index in [9.17, 15) is 9.59 Å². The molecule has 0 aliphatic carbocycles. The zero-order valence-electron chi connectivity index (χ0n) is 13.6. The number of nitrogens with one attached hydrogen (secondary N) is 1. The van der Waals surface area contributed by atoms with Gasteiger partial charge in [-0.3, -0.25) is 20.3 Å². The lowest BCUT2D eigenvalue weighted by molar-refractivity contribution is 0.389. The first-order valence-electron chi connectivity index (χ1n) is 7.60. The number of hydrogen-bond donors (Lipinski definition) is 2. The summed E-state index contributed by atoms with van der Waals surface area (Å²) in [7, 11) is 1.54. The number of carbonyl (C=O) groups excluding carboxylic acids is 2. The Hall–Kier alpha value is -2.66. The minimum atomic E-state index is -0.782. The average molecular weight is 325 g/mol. The Labute approximate surface area is 141 Å². The van der Waals surface area contributed by atoms with Crippen LogP contribution < -0.4 is 10.2 Å². The van der Waals surface area contributed by atoms with Crippen LogP contribution in [0.4, 0.5) is 5.69 Å². The second-order valence-electron chi connectivity index (χ2n) is 5.35. The summed E-state index contributed by atoms with van der Waals surface area (Å²) in [5, 5.41) is 9.03. The molecule has 0 aromatic heterocycles. The van der Waals surface area contributed by atoms with Crippen LogP contribution in [0.1, 0.15) is 35.4 Å². The Morgan fingerprint density at radius 2 is 1.88 bits per heavy atom. The molecular weight excluding hydrogens is 306 g/mol. The van der Waals surface area contributed by atoms with Crippen LogP contribution in [-0.4, -0.2) is 24.9 Å². The Morgan fingerprint density at radius 1 is 1.12 bits per heavy atom. The first-order chi connectivity index (χ1) is 11.7. The van der Waals surface area contributed by atoms with Crippen LogP contribution in [0.3, 0.4) is 0 Å². The fraction of sp³-hybridized carbons (Fsp3) is 0.263. The number of anilines is 1. The Bertz CT molecular complexity index is 714. The summed E-state index contributed by atoms with van der Waals surface area (Å²) in [5.74, 6) is -0.957. The van der Waals surface area contributed by atoms with E-state index in [-0.39, 0.29) is 0 Å². The molecule has 5 nitrogen and oxygen atoms in total. The van der Waals surface area contributed by atoms with Gasteiger partial charge in [0.25, 0.3) is 0 Å². The highest BCUT2D eigenvalue weighted by atomic mass is 16.5. The molecule has 5 heteroatoms. The fourth-order valence-corrected chi connectivity index (χ4v) is 2.76. The molecule has 0 aliphatic heterocycles. The van der Waals surface area contributed by atoms with Gasteiger partial charge in [-0.15, -0.1) is 0 Å². The smallest absolute Gasteiger partial charge is 0.207 e. The monoisotopic (exact) mass is 325 g/mol. The molecule has 2 atom stereocenters. The van der Waals surface area contributed by atoms with Crippen LogP contribution in [0.2, 0.25) is 0 Å². The second kappa shape index (κ2) is 8.26. The lowest BCUT2D eigenvalue weighted by atomic mass is 9.81. The molecular formula is C19H19NO4. The number of methoxy groups -OCH3 is 1. The van der Waals surface area contributed by atoms with Crippen molar-refractivity contribution in [1.29, 1.82) is 0 Å². The number of hydrogen-bond acceptors (Lipinski definition) is 5. The molecule has 0 unspecified atom stereocenters. The van der Waals surface area contributed by atoms with Crippen molar-refractivity contribution in [2.75, 3.05) is 12.6 Å². The zero-order chi connectivity index (χ0) is 17.5. The van der Waals surface area contributed by atoms with Crippen molar-refractivity contribution in [3.8, 4) is 5.75 Å². The molecule has 24 heavy (non-hydrogen) atoms. The maximum Gasteiger partial charge on any atom is 0.207 e. The van der Waals surface area contributed by atoms with Crippen LogP contribution >= 0.6 is 0 Å². The molecule has 0 fully saturated rings. The van der Waals surface area contributed by atoms with Crippen molar-refractivity contribution in [3.05, 3.63) is 59.2 Å². The van der Waals surface area contributed by atoms with E-state index in [1.54, 1.807) is 42.5 Å². The molecule has 0 saturated heterocycles. The normalized spacial score (nSPS) is 13.0. The molecule has 0 saturated carbocycles. The Morgan fingerprint density at radius 3 is 2.46 bits per heavy atom. The Kier molecular flexibility index (Phi) is 6.09. The average Bonchev–Trinajstić information content (AvgIpc) is 2.65. The summed E-state index contributed by atoms with van der Waals surface area (Å²) in [5.41, 5.74) is 4.80. The van der Waals surface area contributed by atoms with Crippen LogP contribution in [0.5, 0.6) is 5.75 Å². The first kappa shape index (κ1) is 17.7. The van der Waals surface area contributed by atoms with Gasteiger partial charge in [0.15, 0.2) is 0 Å². The van der Waals surface area contributed by atoms with Crippen molar-refractivity contribution in [1.82, 2.24) is 0 Å². The summed E-state index contributed by atoms with van der Waals surface area (Å²) in [6.07, 6.45) is 4.59. The maximum atomic E-state index is 11.7. The van der Waals surface area contributed by atoms with Crippen molar-refractivity contribution in [3.63, 3.8) is 0 Å². The van der Waals surface area contributed by atoms with Gasteiger partial charge in [-0.25, -0.2) is 0 Å². The van der Waals surface area contributed by atoms with Gasteiger partial charge in [0.2, 0.25) is 12.6 Å². The summed E-state index contributed by atoms with van der Waals surface area (Å²) in [6, 6.07) is 12.1. The first-order valence-corrected chi connectivity index (χ1v) is 7.60. The molecule has 124 valence electrons. The standard InChI is InChI=1S/C19H19NO4/c1-3-13-9-15(20-23)7-8-17(13)19(12-22)18(11-21)14-5-4-6-16(10-14)24-2/h4-10,18-20,23H,3H2,1-2H3/t18-,19+/m0/s1. The molecule has 0 aliphatic rings. The SMILES string of the molecule is CCc1cc(NO)ccc1[C@@H]([C]=O)[C@@H]([C]=O)c1cccc(OC)c1. The maximum absolute atomic E-state index is 11.7. The minimum absolute atomic E-state index is 0.522. The molecule has 2 aromatic carbocycles. The van der Waals surface area contributed by atoms with E-state index in [1.165, 1.54) is 7.11 Å². The topological polar surface area (TPSA) is 75.6 Å². The van der Waals surface area contributed by atoms with Crippen LogP contribution in [0.25, 0.3) is 0 Å². The third-order valence-electron chi connectivity index (χ3n) is 4.03.